The Morgan fingerprint density at radius 1 is 0.385 bits per heavy atom. The van der Waals surface area contributed by atoms with E-state index in [2.05, 4.69) is 31.9 Å². The van der Waals surface area contributed by atoms with Crippen molar-refractivity contribution in [2.24, 2.45) is 14.1 Å². The van der Waals surface area contributed by atoms with Crippen molar-refractivity contribution in [2.45, 2.75) is 33.4 Å². The standard InChI is InChI=1S/C49H42N8O17S4/c1-25-37(23-39(56(25)3)47(60)52-35-19-17-31-33(43(35)77(69,70)71)13-7-15-41(31)75(63,64)65)54-45(58)27-9-5-11-29(21-27)50-49(62)51-30-12-6-10-28(22-30)46(59)55-38-24-40(57(4)26(38)2)48(61)53-36-20-18-32-34(44(36)78(72,73)74)14-8-16-42(32)76(66,67)68/h5-24H,1-4H3,(H,52,60)(H,53,61)(H,54,58)(H,55,59)(H2,50,51,62)(H,63,64,65)(H,66,67,68)(H,69,70,71)(H,72,73,74). The summed E-state index contributed by atoms with van der Waals surface area (Å²) in [5.41, 5.74) is 0.482. The Hall–Kier alpha value is -8.81. The zero-order valence-electron chi connectivity index (χ0n) is 40.7. The lowest BCUT2D eigenvalue weighted by Crippen LogP contribution is -2.20. The van der Waals surface area contributed by atoms with Gasteiger partial charge >= 0.3 is 6.03 Å². The molecule has 0 unspecified atom stereocenters. The molecule has 0 radical (unpaired) electrons. The van der Waals surface area contributed by atoms with E-state index in [1.54, 1.807) is 13.8 Å². The molecule has 6 amide bonds. The number of aromatic nitrogens is 2. The van der Waals surface area contributed by atoms with Gasteiger partial charge in [0.25, 0.3) is 64.1 Å². The van der Waals surface area contributed by atoms with Crippen molar-refractivity contribution in [1.29, 1.82) is 0 Å². The Kier molecular flexibility index (Phi) is 14.7. The molecule has 0 bridgehead atoms. The average Bonchev–Trinajstić information content (AvgIpc) is 3.90. The number of benzene rings is 6. The second-order valence-electron chi connectivity index (χ2n) is 17.2. The molecule has 0 saturated heterocycles. The first-order chi connectivity index (χ1) is 36.4. The fourth-order valence-electron chi connectivity index (χ4n) is 8.42. The molecule has 29 heteroatoms. The van der Waals surface area contributed by atoms with Gasteiger partial charge in [-0.1, -0.05) is 48.5 Å². The number of amides is 6. The molecule has 2 heterocycles. The predicted octanol–water partition coefficient (Wildman–Crippen LogP) is 6.93. The number of fused-ring (bicyclic) bond motifs is 2. The summed E-state index contributed by atoms with van der Waals surface area (Å²) >= 11 is 0. The largest absolute Gasteiger partial charge is 0.342 e. The third-order valence-corrected chi connectivity index (χ3v) is 16.0. The summed E-state index contributed by atoms with van der Waals surface area (Å²) in [6, 6.07) is 24.4. The normalized spacial score (nSPS) is 12.0. The van der Waals surface area contributed by atoms with Crippen LogP contribution in [0.5, 0.6) is 0 Å². The third-order valence-electron chi connectivity index (χ3n) is 12.3. The summed E-state index contributed by atoms with van der Waals surface area (Å²) in [6.45, 7) is 3.15. The van der Waals surface area contributed by atoms with Crippen LogP contribution in [0.3, 0.4) is 0 Å². The number of hydrogen-bond acceptors (Lipinski definition) is 13. The molecule has 0 aliphatic rings. The molecular formula is C49H42N8O17S4. The Bertz CT molecular complexity index is 4110. The second kappa shape index (κ2) is 20.6. The zero-order valence-corrected chi connectivity index (χ0v) is 43.9. The van der Waals surface area contributed by atoms with Crippen molar-refractivity contribution in [3.63, 3.8) is 0 Å². The van der Waals surface area contributed by atoms with Gasteiger partial charge in [0.1, 0.15) is 31.0 Å². The minimum absolute atomic E-state index is 0.0594. The lowest BCUT2D eigenvalue weighted by molar-refractivity contribution is 0.101. The van der Waals surface area contributed by atoms with E-state index in [-0.39, 0.29) is 66.8 Å². The maximum absolute atomic E-state index is 13.6. The van der Waals surface area contributed by atoms with Crippen molar-refractivity contribution in [3.05, 3.63) is 155 Å². The van der Waals surface area contributed by atoms with E-state index in [0.717, 1.165) is 48.5 Å². The van der Waals surface area contributed by atoms with Gasteiger partial charge < -0.3 is 41.0 Å². The van der Waals surface area contributed by atoms with Gasteiger partial charge in [-0.25, -0.2) is 4.79 Å². The van der Waals surface area contributed by atoms with Gasteiger partial charge in [0, 0.05) is 69.5 Å². The second-order valence-corrected chi connectivity index (χ2v) is 22.7. The van der Waals surface area contributed by atoms with Crippen LogP contribution >= 0.6 is 0 Å². The Morgan fingerprint density at radius 2 is 0.731 bits per heavy atom. The van der Waals surface area contributed by atoms with Crippen LogP contribution in [0.4, 0.5) is 38.9 Å². The lowest BCUT2D eigenvalue weighted by Gasteiger charge is -2.14. The lowest BCUT2D eigenvalue weighted by atomic mass is 10.1. The molecule has 8 rings (SSSR count). The smallest absolute Gasteiger partial charge is 0.323 e. The first-order valence-electron chi connectivity index (χ1n) is 22.3. The number of nitrogens with zero attached hydrogens (tertiary/aromatic N) is 2. The van der Waals surface area contributed by atoms with Gasteiger partial charge in [-0.3, -0.25) is 37.4 Å². The molecule has 25 nitrogen and oxygen atoms in total. The number of rotatable bonds is 14. The molecular weight excluding hydrogens is 1100 g/mol. The first-order valence-corrected chi connectivity index (χ1v) is 28.1. The van der Waals surface area contributed by atoms with Gasteiger partial charge in [0.2, 0.25) is 0 Å². The SMILES string of the molecule is Cc1c(NC(=O)c2cccc(NC(=O)Nc3cccc(C(=O)Nc4cc(C(=O)Nc5ccc6c(S(=O)(=O)O)cccc6c5S(=O)(=O)O)n(C)c4C)c3)c2)cc(C(=O)Nc2ccc3c(S(=O)(=O)O)cccc3c2S(=O)(=O)O)n1C. The van der Waals surface area contributed by atoms with Crippen molar-refractivity contribution in [1.82, 2.24) is 9.13 Å². The molecule has 0 fully saturated rings. The maximum Gasteiger partial charge on any atom is 0.323 e. The molecule has 10 N–H and O–H groups in total. The molecule has 8 aromatic rings. The number of anilines is 6. The summed E-state index contributed by atoms with van der Waals surface area (Å²) in [5, 5.41) is 14.2. The van der Waals surface area contributed by atoms with Crippen LogP contribution in [0.25, 0.3) is 21.5 Å². The topological polar surface area (TPSA) is 385 Å². The molecule has 0 spiro atoms. The summed E-state index contributed by atoms with van der Waals surface area (Å²) in [4.78, 5) is 64.5. The highest BCUT2D eigenvalue weighted by Gasteiger charge is 2.28. The fourth-order valence-corrected chi connectivity index (χ4v) is 11.5. The first kappa shape index (κ1) is 55.4. The predicted molar refractivity (Wildman–Crippen MR) is 285 cm³/mol. The van der Waals surface area contributed by atoms with E-state index in [1.807, 2.05) is 0 Å². The van der Waals surface area contributed by atoms with Crippen LogP contribution in [-0.4, -0.2) is 90.7 Å². The van der Waals surface area contributed by atoms with Gasteiger partial charge in [0.05, 0.1) is 22.7 Å². The van der Waals surface area contributed by atoms with Gasteiger partial charge in [-0.15, -0.1) is 0 Å². The molecule has 0 atom stereocenters. The van der Waals surface area contributed by atoms with E-state index in [9.17, 15) is 75.9 Å². The number of carbonyl (C=O) groups is 5. The van der Waals surface area contributed by atoms with Crippen LogP contribution in [0.1, 0.15) is 53.1 Å². The summed E-state index contributed by atoms with van der Waals surface area (Å²) in [7, 11) is -16.9. The minimum atomic E-state index is -5.11. The fraction of sp³-hybridized carbons (Fsp3) is 0.0816. The number of urea groups is 1. The third kappa shape index (κ3) is 11.3. The van der Waals surface area contributed by atoms with Crippen molar-refractivity contribution < 1.29 is 75.9 Å². The number of nitrogens with one attached hydrogen (secondary N) is 6. The highest BCUT2D eigenvalue weighted by atomic mass is 32.2. The summed E-state index contributed by atoms with van der Waals surface area (Å²) in [5.74, 6) is -3.13. The quantitative estimate of drug-likeness (QED) is 0.0493. The molecule has 2 aromatic heterocycles. The summed E-state index contributed by atoms with van der Waals surface area (Å²) in [6.07, 6.45) is 0. The Labute approximate surface area is 443 Å². The zero-order chi connectivity index (χ0) is 57.0. The van der Waals surface area contributed by atoms with Crippen molar-refractivity contribution in [3.8, 4) is 0 Å². The van der Waals surface area contributed by atoms with Gasteiger partial charge in [-0.05, 0) is 86.6 Å². The Balaban J connectivity index is 0.915. The monoisotopic (exact) mass is 1140 g/mol. The summed E-state index contributed by atoms with van der Waals surface area (Å²) < 4.78 is 141. The molecule has 78 heavy (non-hydrogen) atoms. The van der Waals surface area contributed by atoms with E-state index < -0.39 is 101 Å². The van der Waals surface area contributed by atoms with Crippen LogP contribution in [0, 0.1) is 13.8 Å². The van der Waals surface area contributed by atoms with Crippen LogP contribution < -0.4 is 31.9 Å². The van der Waals surface area contributed by atoms with Crippen molar-refractivity contribution >= 4 is 126 Å². The average molecular weight is 1140 g/mol. The molecule has 0 aliphatic carbocycles. The van der Waals surface area contributed by atoms with Crippen LogP contribution in [-0.2, 0) is 54.6 Å². The Morgan fingerprint density at radius 3 is 1.08 bits per heavy atom. The van der Waals surface area contributed by atoms with E-state index in [0.29, 0.717) is 11.4 Å². The van der Waals surface area contributed by atoms with E-state index in [4.69, 9.17) is 0 Å². The number of carbonyl (C=O) groups excluding carboxylic acids is 5. The number of hydrogen-bond donors (Lipinski definition) is 10. The van der Waals surface area contributed by atoms with Crippen LogP contribution in [0.2, 0.25) is 0 Å². The van der Waals surface area contributed by atoms with E-state index >= 15 is 0 Å². The van der Waals surface area contributed by atoms with E-state index in [1.165, 1.54) is 96.0 Å². The van der Waals surface area contributed by atoms with Crippen molar-refractivity contribution in [2.75, 3.05) is 31.9 Å². The van der Waals surface area contributed by atoms with Crippen LogP contribution in [0.15, 0.2) is 141 Å². The molecule has 0 aliphatic heterocycles. The minimum Gasteiger partial charge on any atom is -0.342 e. The highest BCUT2D eigenvalue weighted by molar-refractivity contribution is 7.87. The molecule has 6 aromatic carbocycles. The molecule has 404 valence electrons. The maximum atomic E-state index is 13.6. The van der Waals surface area contributed by atoms with Gasteiger partial charge in [0.15, 0.2) is 0 Å². The van der Waals surface area contributed by atoms with Gasteiger partial charge in [-0.2, -0.15) is 33.7 Å². The highest BCUT2D eigenvalue weighted by Crippen LogP contribution is 2.36. The molecule has 0 saturated carbocycles.